The highest BCUT2D eigenvalue weighted by Gasteiger charge is 2.45. The minimum atomic E-state index is -2.56. The van der Waals surface area contributed by atoms with Crippen LogP contribution in [-0.4, -0.2) is 45.0 Å². The van der Waals surface area contributed by atoms with Gasteiger partial charge >= 0.3 is 12.1 Å². The number of ether oxygens (including phenoxy) is 2. The molecule has 1 amide bonds. The SMILES string of the molecule is COC(=O)[C@@H]1CCN(C(=O)OC(C)(C)C)[C@@H]1c1cc(N)ccc1S(=O)[O-]. The van der Waals surface area contributed by atoms with Crippen molar-refractivity contribution in [2.24, 2.45) is 5.92 Å². The van der Waals surface area contributed by atoms with Crippen LogP contribution in [0, 0.1) is 5.92 Å². The molecule has 9 heteroatoms. The van der Waals surface area contributed by atoms with Gasteiger partial charge in [0.1, 0.15) is 5.60 Å². The molecule has 26 heavy (non-hydrogen) atoms. The van der Waals surface area contributed by atoms with Gasteiger partial charge in [0, 0.05) is 17.1 Å². The van der Waals surface area contributed by atoms with Crippen molar-refractivity contribution < 1.29 is 27.8 Å². The topological polar surface area (TPSA) is 122 Å². The Morgan fingerprint density at radius 1 is 1.35 bits per heavy atom. The van der Waals surface area contributed by atoms with Crippen molar-refractivity contribution in [2.75, 3.05) is 19.4 Å². The van der Waals surface area contributed by atoms with E-state index in [1.165, 1.54) is 30.2 Å². The lowest BCUT2D eigenvalue weighted by Gasteiger charge is -2.31. The molecule has 1 fully saturated rings. The van der Waals surface area contributed by atoms with Crippen LogP contribution in [0.25, 0.3) is 0 Å². The lowest BCUT2D eigenvalue weighted by Crippen LogP contribution is -2.38. The normalized spacial score (nSPS) is 21.3. The second-order valence-corrected chi connectivity index (χ2v) is 7.98. The van der Waals surface area contributed by atoms with Gasteiger partial charge < -0.3 is 24.7 Å². The number of carbonyl (C=O) groups is 2. The van der Waals surface area contributed by atoms with E-state index in [0.29, 0.717) is 12.1 Å². The van der Waals surface area contributed by atoms with Crippen LogP contribution in [0.5, 0.6) is 0 Å². The Balaban J connectivity index is 2.53. The smallest absolute Gasteiger partial charge is 0.410 e. The van der Waals surface area contributed by atoms with E-state index in [2.05, 4.69) is 0 Å². The maximum Gasteiger partial charge on any atom is 0.410 e. The molecule has 2 rings (SSSR count). The number of nitrogens with two attached hydrogens (primary N) is 1. The van der Waals surface area contributed by atoms with Crippen molar-refractivity contribution in [1.29, 1.82) is 0 Å². The molecule has 0 saturated carbocycles. The van der Waals surface area contributed by atoms with Crippen LogP contribution in [0.2, 0.25) is 0 Å². The van der Waals surface area contributed by atoms with Gasteiger partial charge in [-0.1, -0.05) is 0 Å². The van der Waals surface area contributed by atoms with Crippen molar-refractivity contribution in [1.82, 2.24) is 4.90 Å². The molecule has 0 spiro atoms. The molecular formula is C17H23N2O6S-. The number of hydrogen-bond acceptors (Lipinski definition) is 7. The first-order valence-electron chi connectivity index (χ1n) is 8.11. The number of nitrogens with zero attached hydrogens (tertiary/aromatic N) is 1. The van der Waals surface area contributed by atoms with Crippen LogP contribution >= 0.6 is 0 Å². The Morgan fingerprint density at radius 2 is 2.00 bits per heavy atom. The van der Waals surface area contributed by atoms with Gasteiger partial charge in [-0.2, -0.15) is 0 Å². The average Bonchev–Trinajstić information content (AvgIpc) is 2.97. The Morgan fingerprint density at radius 3 is 2.54 bits per heavy atom. The first-order valence-corrected chi connectivity index (χ1v) is 9.18. The van der Waals surface area contributed by atoms with E-state index in [-0.39, 0.29) is 17.0 Å². The van der Waals surface area contributed by atoms with Gasteiger partial charge in [-0.15, -0.1) is 0 Å². The third-order valence-corrected chi connectivity index (χ3v) is 4.79. The van der Waals surface area contributed by atoms with Crippen molar-refractivity contribution in [3.63, 3.8) is 0 Å². The molecule has 8 nitrogen and oxygen atoms in total. The molecular weight excluding hydrogens is 360 g/mol. The molecule has 2 N–H and O–H groups in total. The van der Waals surface area contributed by atoms with Crippen molar-refractivity contribution in [3.05, 3.63) is 23.8 Å². The predicted octanol–water partition coefficient (Wildman–Crippen LogP) is 1.98. The quantitative estimate of drug-likeness (QED) is 0.481. The molecule has 0 aliphatic carbocycles. The molecule has 1 saturated heterocycles. The number of anilines is 1. The average molecular weight is 383 g/mol. The summed E-state index contributed by atoms with van der Waals surface area (Å²) in [7, 11) is 1.25. The molecule has 1 aliphatic heterocycles. The Bertz CT molecular complexity index is 730. The second-order valence-electron chi connectivity index (χ2n) is 7.07. The number of nitrogen functional groups attached to an aromatic ring is 1. The Labute approximate surface area is 154 Å². The summed E-state index contributed by atoms with van der Waals surface area (Å²) < 4.78 is 33.6. The number of esters is 1. The van der Waals surface area contributed by atoms with Gasteiger partial charge in [0.05, 0.1) is 19.1 Å². The fraction of sp³-hybridized carbons (Fsp3) is 0.529. The molecule has 3 atom stereocenters. The predicted molar refractivity (Wildman–Crippen MR) is 93.8 cm³/mol. The summed E-state index contributed by atoms with van der Waals surface area (Å²) >= 11 is -2.56. The molecule has 1 heterocycles. The summed E-state index contributed by atoms with van der Waals surface area (Å²) in [6, 6.07) is 3.44. The van der Waals surface area contributed by atoms with Crippen LogP contribution < -0.4 is 5.73 Å². The summed E-state index contributed by atoms with van der Waals surface area (Å²) in [6.45, 7) is 5.42. The third-order valence-electron chi connectivity index (χ3n) is 4.06. The van der Waals surface area contributed by atoms with E-state index in [0.717, 1.165) is 0 Å². The molecule has 1 aromatic rings. The van der Waals surface area contributed by atoms with E-state index in [1.54, 1.807) is 20.8 Å². The van der Waals surface area contributed by atoms with Gasteiger partial charge in [-0.05, 0) is 62.0 Å². The highest BCUT2D eigenvalue weighted by molar-refractivity contribution is 7.79. The summed E-state index contributed by atoms with van der Waals surface area (Å²) in [5.74, 6) is -1.23. The summed E-state index contributed by atoms with van der Waals surface area (Å²) in [4.78, 5) is 26.2. The van der Waals surface area contributed by atoms with Crippen molar-refractivity contribution in [2.45, 2.75) is 43.7 Å². The van der Waals surface area contributed by atoms with Crippen LogP contribution in [0.15, 0.2) is 23.1 Å². The van der Waals surface area contributed by atoms with E-state index < -0.39 is 40.7 Å². The molecule has 0 radical (unpaired) electrons. The zero-order valence-electron chi connectivity index (χ0n) is 15.2. The first-order chi connectivity index (χ1) is 12.0. The number of methoxy groups -OCH3 is 1. The number of amides is 1. The highest BCUT2D eigenvalue weighted by atomic mass is 32.2. The molecule has 0 bridgehead atoms. The number of rotatable bonds is 3. The number of carbonyl (C=O) groups excluding carboxylic acids is 2. The van der Waals surface area contributed by atoms with Crippen LogP contribution in [0.1, 0.15) is 38.8 Å². The van der Waals surface area contributed by atoms with E-state index in [9.17, 15) is 18.4 Å². The van der Waals surface area contributed by atoms with Crippen LogP contribution in [0.3, 0.4) is 0 Å². The fourth-order valence-electron chi connectivity index (χ4n) is 3.05. The molecule has 1 unspecified atom stereocenters. The zero-order chi connectivity index (χ0) is 19.6. The third kappa shape index (κ3) is 4.34. The van der Waals surface area contributed by atoms with Gasteiger partial charge in [0.25, 0.3) is 0 Å². The maximum absolute atomic E-state index is 12.6. The molecule has 0 aromatic heterocycles. The number of likely N-dealkylation sites (tertiary alicyclic amines) is 1. The van der Waals surface area contributed by atoms with E-state index in [1.807, 2.05) is 0 Å². The Kier molecular flexibility index (Phi) is 5.92. The van der Waals surface area contributed by atoms with Crippen molar-refractivity contribution >= 4 is 28.8 Å². The highest BCUT2D eigenvalue weighted by Crippen LogP contribution is 2.41. The van der Waals surface area contributed by atoms with E-state index in [4.69, 9.17) is 15.2 Å². The first kappa shape index (κ1) is 20.2. The number of benzene rings is 1. The lowest BCUT2D eigenvalue weighted by molar-refractivity contribution is -0.146. The number of hydrogen-bond donors (Lipinski definition) is 1. The minimum Gasteiger partial charge on any atom is -0.768 e. The van der Waals surface area contributed by atoms with E-state index >= 15 is 0 Å². The van der Waals surface area contributed by atoms with Gasteiger partial charge in [0.2, 0.25) is 0 Å². The summed E-state index contributed by atoms with van der Waals surface area (Å²) in [5.41, 5.74) is 5.69. The molecule has 1 aliphatic rings. The van der Waals surface area contributed by atoms with Crippen molar-refractivity contribution in [3.8, 4) is 0 Å². The van der Waals surface area contributed by atoms with Gasteiger partial charge in [-0.3, -0.25) is 9.00 Å². The largest absolute Gasteiger partial charge is 0.768 e. The van der Waals surface area contributed by atoms with Gasteiger partial charge in [0.15, 0.2) is 0 Å². The zero-order valence-corrected chi connectivity index (χ0v) is 16.0. The van der Waals surface area contributed by atoms with Crippen LogP contribution in [0.4, 0.5) is 10.5 Å². The molecule has 144 valence electrons. The van der Waals surface area contributed by atoms with Crippen LogP contribution in [-0.2, 0) is 25.3 Å². The lowest BCUT2D eigenvalue weighted by atomic mass is 9.93. The second kappa shape index (κ2) is 7.63. The summed E-state index contributed by atoms with van der Waals surface area (Å²) in [5, 5.41) is 0. The maximum atomic E-state index is 12.6. The Hall–Kier alpha value is -2.13. The molecule has 1 aromatic carbocycles. The monoisotopic (exact) mass is 383 g/mol. The summed E-state index contributed by atoms with van der Waals surface area (Å²) in [6.07, 6.45) is -0.296. The minimum absolute atomic E-state index is 0.0199. The standard InChI is InChI=1S/C17H24N2O6S/c1-17(2,3)25-16(21)19-8-7-11(15(20)24-4)14(19)12-9-10(18)5-6-13(12)26(22)23/h5-6,9,11,14H,7-8,18H2,1-4H3,(H,22,23)/p-1/t11-,14+/m1/s1. The van der Waals surface area contributed by atoms with Gasteiger partial charge in [-0.25, -0.2) is 4.79 Å². The fourth-order valence-corrected chi connectivity index (χ4v) is 3.60.